The Morgan fingerprint density at radius 2 is 1.57 bits per heavy atom. The summed E-state index contributed by atoms with van der Waals surface area (Å²) in [6.45, 7) is 3.64. The van der Waals surface area contributed by atoms with Crippen LogP contribution >= 0.6 is 0 Å². The molecule has 0 bridgehead atoms. The van der Waals surface area contributed by atoms with E-state index in [-0.39, 0.29) is 37.6 Å². The molecule has 1 unspecified atom stereocenters. The largest absolute Gasteiger partial charge is 1.00 e. The van der Waals surface area contributed by atoms with Crippen LogP contribution in [-0.4, -0.2) is 31.7 Å². The minimum atomic E-state index is -4.62. The fourth-order valence-corrected chi connectivity index (χ4v) is 2.19. The summed E-state index contributed by atoms with van der Waals surface area (Å²) < 4.78 is 38.1. The van der Waals surface area contributed by atoms with E-state index in [0.29, 0.717) is 0 Å². The molecule has 0 fully saturated rings. The van der Waals surface area contributed by atoms with Gasteiger partial charge in [0.2, 0.25) is 0 Å². The summed E-state index contributed by atoms with van der Waals surface area (Å²) in [5, 5.41) is 0. The van der Waals surface area contributed by atoms with Gasteiger partial charge in [-0.05, 0) is 13.3 Å². The van der Waals surface area contributed by atoms with Crippen LogP contribution in [0.15, 0.2) is 0 Å². The zero-order chi connectivity index (χ0) is 15.4. The molecule has 0 rings (SSSR count). The van der Waals surface area contributed by atoms with Gasteiger partial charge in [0.1, 0.15) is 0 Å². The summed E-state index contributed by atoms with van der Waals surface area (Å²) >= 11 is 0. The molecule has 0 aliphatic rings. The van der Waals surface area contributed by atoms with Gasteiger partial charge in [0.05, 0.1) is 6.61 Å². The molecule has 0 aliphatic carbocycles. The Labute approximate surface area is 151 Å². The molecule has 122 valence electrons. The summed E-state index contributed by atoms with van der Waals surface area (Å²) in [6.07, 6.45) is 7.74. The van der Waals surface area contributed by atoms with Gasteiger partial charge in [0, 0.05) is 0 Å². The quantitative estimate of drug-likeness (QED) is 0.234. The van der Waals surface area contributed by atoms with Gasteiger partial charge < -0.3 is 6.16 Å². The number of ether oxygens (including phenoxy) is 1. The van der Waals surface area contributed by atoms with E-state index in [2.05, 4.69) is 11.1 Å². The van der Waals surface area contributed by atoms with Crippen LogP contribution in [0.4, 0.5) is 0 Å². The maximum Gasteiger partial charge on any atom is 1.00 e. The predicted octanol–water partition coefficient (Wildman–Crippen LogP) is -0.00530. The fraction of sp³-hybridized carbons (Fsp3) is 0.923. The Morgan fingerprint density at radius 3 is 2.05 bits per heavy atom. The normalized spacial score (nSPS) is 12.5. The molecule has 0 aliphatic heterocycles. The van der Waals surface area contributed by atoms with Crippen molar-refractivity contribution in [2.24, 2.45) is 0 Å². The summed E-state index contributed by atoms with van der Waals surface area (Å²) in [5.41, 5.74) is 0. The Hall–Kier alpha value is 0.340. The van der Waals surface area contributed by atoms with Crippen molar-refractivity contribution in [3.8, 4) is 0 Å². The minimum Gasteiger partial charge on any atom is -1.00 e. The number of hydrogen-bond acceptors (Lipinski definition) is 5. The molecule has 0 aromatic rings. The third-order valence-corrected chi connectivity index (χ3v) is 3.37. The molecule has 0 amide bonds. The third-order valence-electron chi connectivity index (χ3n) is 2.84. The molecule has 8 heteroatoms. The van der Waals surface area contributed by atoms with Crippen LogP contribution in [0.5, 0.6) is 0 Å². The van der Waals surface area contributed by atoms with Crippen molar-refractivity contribution < 1.29 is 57.7 Å². The van der Waals surface area contributed by atoms with Crippen LogP contribution < -0.4 is 29.6 Å². The number of carbonyl (C=O) groups is 1. The van der Waals surface area contributed by atoms with E-state index in [4.69, 9.17) is 9.29 Å². The van der Waals surface area contributed by atoms with E-state index >= 15 is 0 Å². The molecule has 0 radical (unpaired) electrons. The van der Waals surface area contributed by atoms with E-state index < -0.39 is 22.5 Å². The first-order valence-electron chi connectivity index (χ1n) is 7.19. The van der Waals surface area contributed by atoms with Crippen LogP contribution in [0, 0.1) is 0 Å². The van der Waals surface area contributed by atoms with Gasteiger partial charge in [-0.3, -0.25) is 4.55 Å². The molecule has 0 heterocycles. The van der Waals surface area contributed by atoms with Crippen molar-refractivity contribution >= 4 is 16.4 Å². The molecule has 1 N–H and O–H groups in total. The Kier molecular flexibility index (Phi) is 15.7. The molecule has 1 atom stereocenters. The molecular formula is C13H27NaO6S. The van der Waals surface area contributed by atoms with Gasteiger partial charge in [-0.15, -0.1) is 0 Å². The van der Waals surface area contributed by atoms with E-state index in [1.165, 1.54) is 39.0 Å². The van der Waals surface area contributed by atoms with Gasteiger partial charge in [0.25, 0.3) is 0 Å². The number of hydrogen-bond donors (Lipinski definition) is 1. The first-order chi connectivity index (χ1) is 9.37. The molecule has 0 saturated heterocycles. The minimum absolute atomic E-state index is 0. The average Bonchev–Trinajstić information content (AvgIpc) is 2.34. The summed E-state index contributed by atoms with van der Waals surface area (Å²) in [6, 6.07) is 0. The Morgan fingerprint density at radius 1 is 1.10 bits per heavy atom. The van der Waals surface area contributed by atoms with Crippen molar-refractivity contribution in [1.29, 1.82) is 0 Å². The zero-order valence-electron chi connectivity index (χ0n) is 14.3. The van der Waals surface area contributed by atoms with Gasteiger partial charge in [-0.25, -0.2) is 8.98 Å². The van der Waals surface area contributed by atoms with Crippen LogP contribution in [0.3, 0.4) is 0 Å². The Bertz CT molecular complexity index is 364. The molecule has 6 nitrogen and oxygen atoms in total. The van der Waals surface area contributed by atoms with E-state index in [1.54, 1.807) is 0 Å². The second-order valence-corrected chi connectivity index (χ2v) is 5.86. The van der Waals surface area contributed by atoms with Crippen molar-refractivity contribution in [3.63, 3.8) is 0 Å². The predicted molar refractivity (Wildman–Crippen MR) is 76.8 cm³/mol. The summed E-state index contributed by atoms with van der Waals surface area (Å²) in [4.78, 5) is 11.3. The molecular weight excluding hydrogens is 307 g/mol. The van der Waals surface area contributed by atoms with E-state index in [0.717, 1.165) is 19.3 Å². The van der Waals surface area contributed by atoms with Gasteiger partial charge in [0.15, 0.2) is 6.10 Å². The van der Waals surface area contributed by atoms with Crippen molar-refractivity contribution in [2.45, 2.75) is 71.3 Å². The van der Waals surface area contributed by atoms with Crippen LogP contribution in [0.2, 0.25) is 0 Å². The Balaban J connectivity index is -0.00000180. The van der Waals surface area contributed by atoms with Gasteiger partial charge >= 0.3 is 45.9 Å². The fourth-order valence-electron chi connectivity index (χ4n) is 1.75. The SMILES string of the molecule is CCCCCCCCCCOC(=O)C(C)OS(=O)(=O)O.[H-].[Na+]. The zero-order valence-corrected chi connectivity index (χ0v) is 16.2. The van der Waals surface area contributed by atoms with Crippen LogP contribution in [0.25, 0.3) is 0 Å². The second-order valence-electron chi connectivity index (χ2n) is 4.81. The molecule has 0 aromatic carbocycles. The number of carbonyl (C=O) groups excluding carboxylic acids is 1. The first kappa shape index (κ1) is 23.6. The molecule has 0 aromatic heterocycles. The first-order valence-corrected chi connectivity index (χ1v) is 8.55. The second kappa shape index (κ2) is 14.0. The van der Waals surface area contributed by atoms with Crippen LogP contribution in [0.1, 0.15) is 66.6 Å². The maximum atomic E-state index is 11.3. The molecule has 21 heavy (non-hydrogen) atoms. The van der Waals surface area contributed by atoms with E-state index in [1.807, 2.05) is 0 Å². The molecule has 0 spiro atoms. The summed E-state index contributed by atoms with van der Waals surface area (Å²) in [7, 11) is -4.62. The number of rotatable bonds is 12. The molecule has 0 saturated carbocycles. The third kappa shape index (κ3) is 16.5. The number of unbranched alkanes of at least 4 members (excludes halogenated alkanes) is 7. The topological polar surface area (TPSA) is 89.9 Å². The maximum absolute atomic E-state index is 11.3. The van der Waals surface area contributed by atoms with Gasteiger partial charge in [-0.1, -0.05) is 51.9 Å². The standard InChI is InChI=1S/C13H26O6S.Na.H/c1-3-4-5-6-7-8-9-10-11-18-13(14)12(2)19-20(15,16)17;;/h12H,3-11H2,1-2H3,(H,15,16,17);;/q;+1;-1. The van der Waals surface area contributed by atoms with Gasteiger partial charge in [-0.2, -0.15) is 8.42 Å². The van der Waals surface area contributed by atoms with Crippen molar-refractivity contribution in [2.75, 3.05) is 6.61 Å². The van der Waals surface area contributed by atoms with Crippen molar-refractivity contribution in [3.05, 3.63) is 0 Å². The average molecular weight is 334 g/mol. The van der Waals surface area contributed by atoms with Crippen molar-refractivity contribution in [1.82, 2.24) is 0 Å². The van der Waals surface area contributed by atoms with E-state index in [9.17, 15) is 13.2 Å². The van der Waals surface area contributed by atoms with Crippen LogP contribution in [-0.2, 0) is 24.1 Å². The monoisotopic (exact) mass is 334 g/mol. The summed E-state index contributed by atoms with van der Waals surface area (Å²) in [5.74, 6) is -0.787. The number of esters is 1. The smallest absolute Gasteiger partial charge is 1.00 e.